The Hall–Kier alpha value is -0.680. The molecule has 0 spiro atoms. The highest BCUT2D eigenvalue weighted by atomic mass is 79.9. The Morgan fingerprint density at radius 3 is 2.64 bits per heavy atom. The van der Waals surface area contributed by atoms with Gasteiger partial charge in [0.2, 0.25) is 0 Å². The second-order valence-electron chi connectivity index (χ2n) is 3.05. The number of phenols is 1. The van der Waals surface area contributed by atoms with Crippen molar-refractivity contribution in [1.82, 2.24) is 0 Å². The van der Waals surface area contributed by atoms with Crippen LogP contribution in [0.2, 0.25) is 0 Å². The highest BCUT2D eigenvalue weighted by Crippen LogP contribution is 2.34. The summed E-state index contributed by atoms with van der Waals surface area (Å²) in [6.45, 7) is 1.75. The summed E-state index contributed by atoms with van der Waals surface area (Å²) in [5.41, 5.74) is 5.24. The molecule has 0 saturated carbocycles. The lowest BCUT2D eigenvalue weighted by atomic mass is 9.99. The molecule has 1 unspecified atom stereocenters. The average Bonchev–Trinajstić information content (AvgIpc) is 2.15. The maximum atomic E-state index is 13.5. The summed E-state index contributed by atoms with van der Waals surface area (Å²) >= 11 is 2.86. The molecule has 14 heavy (non-hydrogen) atoms. The van der Waals surface area contributed by atoms with E-state index in [-0.39, 0.29) is 16.6 Å². The van der Waals surface area contributed by atoms with Gasteiger partial charge < -0.3 is 10.8 Å². The maximum absolute atomic E-state index is 13.5. The van der Waals surface area contributed by atoms with Crippen molar-refractivity contribution in [2.45, 2.75) is 12.8 Å². The molecule has 0 aliphatic carbocycles. The van der Waals surface area contributed by atoms with E-state index in [2.05, 4.69) is 15.9 Å². The third-order valence-corrected chi connectivity index (χ3v) is 2.60. The minimum Gasteiger partial charge on any atom is -0.505 e. The molecule has 0 heterocycles. The molecule has 0 aliphatic rings. The minimum atomic E-state index is -0.853. The predicted octanol–water partition coefficient (Wildman–Crippen LogP) is 2.50. The summed E-state index contributed by atoms with van der Waals surface area (Å²) < 4.78 is 26.5. The van der Waals surface area contributed by atoms with Crippen molar-refractivity contribution in [3.63, 3.8) is 0 Å². The van der Waals surface area contributed by atoms with Gasteiger partial charge in [0.05, 0.1) is 4.47 Å². The average molecular weight is 266 g/mol. The fourth-order valence-electron chi connectivity index (χ4n) is 1.17. The SMILES string of the molecule is CC(CN)c1c(O)c(F)cc(Br)c1F. The molecule has 0 saturated heterocycles. The second-order valence-corrected chi connectivity index (χ2v) is 3.91. The Morgan fingerprint density at radius 2 is 2.14 bits per heavy atom. The number of phenolic OH excluding ortho intramolecular Hbond substituents is 1. The first-order chi connectivity index (χ1) is 6.49. The number of aromatic hydroxyl groups is 1. The molecular weight excluding hydrogens is 256 g/mol. The van der Waals surface area contributed by atoms with Crippen LogP contribution < -0.4 is 5.73 Å². The number of benzene rings is 1. The molecule has 0 radical (unpaired) electrons. The third-order valence-electron chi connectivity index (χ3n) is 2.03. The van der Waals surface area contributed by atoms with Crippen molar-refractivity contribution in [3.05, 3.63) is 27.7 Å². The summed E-state index contributed by atoms with van der Waals surface area (Å²) in [6.07, 6.45) is 0. The first-order valence-electron chi connectivity index (χ1n) is 4.05. The lowest BCUT2D eigenvalue weighted by Crippen LogP contribution is -2.11. The van der Waals surface area contributed by atoms with Crippen molar-refractivity contribution < 1.29 is 13.9 Å². The van der Waals surface area contributed by atoms with E-state index in [1.807, 2.05) is 0 Å². The predicted molar refractivity (Wildman–Crippen MR) is 53.2 cm³/mol. The standard InChI is InChI=1S/C9H10BrF2NO/c1-4(3-13)7-8(12)5(10)2-6(11)9(7)14/h2,4,14H,3,13H2,1H3. The van der Waals surface area contributed by atoms with Gasteiger partial charge in [-0.1, -0.05) is 6.92 Å². The van der Waals surface area contributed by atoms with E-state index in [0.29, 0.717) is 0 Å². The monoisotopic (exact) mass is 265 g/mol. The summed E-state index contributed by atoms with van der Waals surface area (Å²) in [6, 6.07) is 0.886. The van der Waals surface area contributed by atoms with Crippen LogP contribution in [-0.2, 0) is 0 Å². The van der Waals surface area contributed by atoms with Crippen molar-refractivity contribution in [2.24, 2.45) is 5.73 Å². The number of halogens is 3. The lowest BCUT2D eigenvalue weighted by molar-refractivity contribution is 0.411. The van der Waals surface area contributed by atoms with Crippen LogP contribution in [0.1, 0.15) is 18.4 Å². The molecule has 0 aromatic heterocycles. The molecule has 3 N–H and O–H groups in total. The molecule has 1 aromatic carbocycles. The van der Waals surface area contributed by atoms with Crippen LogP contribution in [0.15, 0.2) is 10.5 Å². The number of hydrogen-bond donors (Lipinski definition) is 2. The Kier molecular flexibility index (Phi) is 3.44. The van der Waals surface area contributed by atoms with E-state index >= 15 is 0 Å². The van der Waals surface area contributed by atoms with Gasteiger partial charge in [0, 0.05) is 11.5 Å². The molecule has 0 amide bonds. The highest BCUT2D eigenvalue weighted by Gasteiger charge is 2.20. The molecule has 2 nitrogen and oxygen atoms in total. The number of rotatable bonds is 2. The maximum Gasteiger partial charge on any atom is 0.166 e. The Bertz CT molecular complexity index is 331. The highest BCUT2D eigenvalue weighted by molar-refractivity contribution is 9.10. The van der Waals surface area contributed by atoms with Gasteiger partial charge in [-0.3, -0.25) is 0 Å². The summed E-state index contributed by atoms with van der Waals surface area (Å²) in [7, 11) is 0. The quantitative estimate of drug-likeness (QED) is 0.808. The van der Waals surface area contributed by atoms with Crippen LogP contribution in [0.25, 0.3) is 0 Å². The topological polar surface area (TPSA) is 46.2 Å². The Morgan fingerprint density at radius 1 is 1.57 bits per heavy atom. The summed E-state index contributed by atoms with van der Waals surface area (Å²) in [5, 5.41) is 9.31. The molecule has 0 aliphatic heterocycles. The zero-order chi connectivity index (χ0) is 10.9. The largest absolute Gasteiger partial charge is 0.505 e. The lowest BCUT2D eigenvalue weighted by Gasteiger charge is -2.13. The van der Waals surface area contributed by atoms with Crippen LogP contribution in [0.3, 0.4) is 0 Å². The smallest absolute Gasteiger partial charge is 0.166 e. The molecule has 0 fully saturated rings. The molecular formula is C9H10BrF2NO. The van der Waals surface area contributed by atoms with Gasteiger partial charge in [-0.2, -0.15) is 0 Å². The first kappa shape index (κ1) is 11.4. The van der Waals surface area contributed by atoms with E-state index in [1.54, 1.807) is 6.92 Å². The first-order valence-corrected chi connectivity index (χ1v) is 4.84. The van der Waals surface area contributed by atoms with E-state index in [1.165, 1.54) is 0 Å². The van der Waals surface area contributed by atoms with Crippen LogP contribution in [0.5, 0.6) is 5.75 Å². The molecule has 5 heteroatoms. The van der Waals surface area contributed by atoms with Gasteiger partial charge in [0.25, 0.3) is 0 Å². The van der Waals surface area contributed by atoms with Crippen LogP contribution in [-0.4, -0.2) is 11.7 Å². The van der Waals surface area contributed by atoms with Crippen LogP contribution in [0, 0.1) is 11.6 Å². The van der Waals surface area contributed by atoms with E-state index in [4.69, 9.17) is 5.73 Å². The number of nitrogens with two attached hydrogens (primary N) is 1. The molecule has 78 valence electrons. The van der Waals surface area contributed by atoms with Gasteiger partial charge in [-0.25, -0.2) is 8.78 Å². The van der Waals surface area contributed by atoms with Gasteiger partial charge in [-0.05, 0) is 28.5 Å². The van der Waals surface area contributed by atoms with Crippen molar-refractivity contribution in [3.8, 4) is 5.75 Å². The molecule has 1 atom stereocenters. The van der Waals surface area contributed by atoms with Crippen LogP contribution in [0.4, 0.5) is 8.78 Å². The van der Waals surface area contributed by atoms with Gasteiger partial charge in [0.1, 0.15) is 5.82 Å². The fraction of sp³-hybridized carbons (Fsp3) is 0.333. The normalized spacial score (nSPS) is 12.9. The van der Waals surface area contributed by atoms with Gasteiger partial charge >= 0.3 is 0 Å². The molecule has 0 bridgehead atoms. The zero-order valence-corrected chi connectivity index (χ0v) is 9.11. The fourth-order valence-corrected chi connectivity index (χ4v) is 1.59. The van der Waals surface area contributed by atoms with Crippen molar-refractivity contribution >= 4 is 15.9 Å². The van der Waals surface area contributed by atoms with Gasteiger partial charge in [0.15, 0.2) is 11.6 Å². The zero-order valence-electron chi connectivity index (χ0n) is 7.52. The van der Waals surface area contributed by atoms with Crippen molar-refractivity contribution in [2.75, 3.05) is 6.54 Å². The van der Waals surface area contributed by atoms with Crippen LogP contribution >= 0.6 is 15.9 Å². The number of hydrogen-bond acceptors (Lipinski definition) is 2. The second kappa shape index (κ2) is 4.23. The van der Waals surface area contributed by atoms with E-state index in [0.717, 1.165) is 6.07 Å². The van der Waals surface area contributed by atoms with E-state index in [9.17, 15) is 13.9 Å². The Labute approximate surface area is 88.9 Å². The summed E-state index contributed by atoms with van der Waals surface area (Å²) in [4.78, 5) is 0. The summed E-state index contributed by atoms with van der Waals surface area (Å²) in [5.74, 6) is -2.61. The van der Waals surface area contributed by atoms with Crippen molar-refractivity contribution in [1.29, 1.82) is 0 Å². The van der Waals surface area contributed by atoms with Gasteiger partial charge in [-0.15, -0.1) is 0 Å². The van der Waals surface area contributed by atoms with E-state index < -0.39 is 23.3 Å². The molecule has 1 aromatic rings. The minimum absolute atomic E-state index is 0.0110. The third kappa shape index (κ3) is 1.88. The molecule has 1 rings (SSSR count). The Balaban J connectivity index is 3.39.